The topological polar surface area (TPSA) is 71.3 Å². The van der Waals surface area contributed by atoms with Crippen molar-refractivity contribution < 1.29 is 4.79 Å². The maximum atomic E-state index is 12.5. The number of aromatic nitrogens is 3. The molecule has 1 amide bonds. The second-order valence-electron chi connectivity index (χ2n) is 8.05. The summed E-state index contributed by atoms with van der Waals surface area (Å²) in [6.45, 7) is 2.16. The van der Waals surface area contributed by atoms with Crippen LogP contribution in [0, 0.1) is 0 Å². The Morgan fingerprint density at radius 1 is 1.00 bits per heavy atom. The van der Waals surface area contributed by atoms with Crippen LogP contribution in [0.25, 0.3) is 16.8 Å². The summed E-state index contributed by atoms with van der Waals surface area (Å²) in [7, 11) is 0. The fourth-order valence-electron chi connectivity index (χ4n) is 4.19. The first-order valence-electron chi connectivity index (χ1n) is 10.7. The van der Waals surface area contributed by atoms with E-state index in [1.165, 1.54) is 18.4 Å². The highest BCUT2D eigenvalue weighted by Crippen LogP contribution is 2.26. The van der Waals surface area contributed by atoms with Gasteiger partial charge in [0.15, 0.2) is 5.65 Å². The van der Waals surface area contributed by atoms with Gasteiger partial charge in [0.2, 0.25) is 5.91 Å². The number of nitrogens with one attached hydrogen (secondary N) is 2. The molecule has 0 bridgehead atoms. The van der Waals surface area contributed by atoms with E-state index in [2.05, 4.69) is 32.8 Å². The Morgan fingerprint density at radius 3 is 2.55 bits per heavy atom. The average molecular weight is 412 g/mol. The number of carbonyl (C=O) groups excluding carboxylic acids is 1. The van der Waals surface area contributed by atoms with E-state index in [0.29, 0.717) is 12.3 Å². The van der Waals surface area contributed by atoms with Crippen LogP contribution in [0.4, 0.5) is 5.69 Å². The molecule has 4 aromatic rings. The highest BCUT2D eigenvalue weighted by atomic mass is 16.1. The molecular formula is C25H25N5O. The summed E-state index contributed by atoms with van der Waals surface area (Å²) in [6, 6.07) is 20.4. The Morgan fingerprint density at radius 2 is 1.77 bits per heavy atom. The molecule has 31 heavy (non-hydrogen) atoms. The first-order valence-corrected chi connectivity index (χ1v) is 10.7. The number of rotatable bonds is 5. The van der Waals surface area contributed by atoms with Gasteiger partial charge < -0.3 is 10.6 Å². The van der Waals surface area contributed by atoms with Crippen LogP contribution in [0.5, 0.6) is 0 Å². The minimum atomic E-state index is -0.00718. The van der Waals surface area contributed by atoms with E-state index in [9.17, 15) is 4.79 Å². The van der Waals surface area contributed by atoms with Gasteiger partial charge in [-0.25, -0.2) is 9.50 Å². The standard InChI is InChI=1S/C25H25N5O/c31-25(29-23-7-5-19(6-8-23)21-9-12-26-13-10-21)15-18-1-3-20(4-2-18)22-11-14-30-24(16-22)27-17-28-30/h1-8,11,14,16-17,21,26H,9-10,12-13,15H2,(H,29,31). The molecule has 1 aliphatic heterocycles. The molecule has 5 rings (SSSR count). The van der Waals surface area contributed by atoms with Gasteiger partial charge in [-0.1, -0.05) is 36.4 Å². The Bertz CT molecular complexity index is 1170. The summed E-state index contributed by atoms with van der Waals surface area (Å²) in [6.07, 6.45) is 6.14. The third-order valence-electron chi connectivity index (χ3n) is 5.94. The van der Waals surface area contributed by atoms with E-state index >= 15 is 0 Å². The van der Waals surface area contributed by atoms with Crippen LogP contribution in [-0.2, 0) is 11.2 Å². The first-order chi connectivity index (χ1) is 15.2. The van der Waals surface area contributed by atoms with Gasteiger partial charge >= 0.3 is 0 Å². The number of pyridine rings is 1. The number of amides is 1. The maximum Gasteiger partial charge on any atom is 0.228 e. The molecule has 156 valence electrons. The molecule has 0 saturated carbocycles. The van der Waals surface area contributed by atoms with E-state index in [1.54, 1.807) is 10.8 Å². The van der Waals surface area contributed by atoms with Crippen molar-refractivity contribution in [2.24, 2.45) is 0 Å². The number of benzene rings is 2. The third-order valence-corrected chi connectivity index (χ3v) is 5.94. The molecule has 0 unspecified atom stereocenters. The van der Waals surface area contributed by atoms with Gasteiger partial charge in [-0.2, -0.15) is 5.10 Å². The molecule has 1 fully saturated rings. The van der Waals surface area contributed by atoms with Crippen molar-refractivity contribution in [2.75, 3.05) is 18.4 Å². The van der Waals surface area contributed by atoms with Gasteiger partial charge in [-0.3, -0.25) is 4.79 Å². The van der Waals surface area contributed by atoms with E-state index in [0.717, 1.165) is 41.1 Å². The molecule has 1 aliphatic rings. The Kier molecular flexibility index (Phi) is 5.46. The van der Waals surface area contributed by atoms with Gasteiger partial charge in [0, 0.05) is 11.9 Å². The number of fused-ring (bicyclic) bond motifs is 1. The Balaban J connectivity index is 1.20. The SMILES string of the molecule is O=C(Cc1ccc(-c2ccn3ncnc3c2)cc1)Nc1ccc(C2CCNCC2)cc1. The fraction of sp³-hybridized carbons (Fsp3) is 0.240. The Labute approximate surface area is 181 Å². The predicted octanol–water partition coefficient (Wildman–Crippen LogP) is 4.04. The molecule has 0 aliphatic carbocycles. The summed E-state index contributed by atoms with van der Waals surface area (Å²) in [4.78, 5) is 16.7. The summed E-state index contributed by atoms with van der Waals surface area (Å²) >= 11 is 0. The van der Waals surface area contributed by atoms with Crippen LogP contribution in [0.2, 0.25) is 0 Å². The number of nitrogens with zero attached hydrogens (tertiary/aromatic N) is 3. The lowest BCUT2D eigenvalue weighted by Gasteiger charge is -2.23. The van der Waals surface area contributed by atoms with Crippen LogP contribution in [0.1, 0.15) is 29.9 Å². The quantitative estimate of drug-likeness (QED) is 0.520. The van der Waals surface area contributed by atoms with Crippen molar-refractivity contribution >= 4 is 17.2 Å². The van der Waals surface area contributed by atoms with E-state index in [1.807, 2.05) is 54.7 Å². The van der Waals surface area contributed by atoms with Crippen LogP contribution in [0.3, 0.4) is 0 Å². The number of piperidine rings is 1. The van der Waals surface area contributed by atoms with Gasteiger partial charge in [0.25, 0.3) is 0 Å². The molecule has 0 spiro atoms. The largest absolute Gasteiger partial charge is 0.326 e. The van der Waals surface area contributed by atoms with Crippen molar-refractivity contribution in [1.82, 2.24) is 19.9 Å². The van der Waals surface area contributed by atoms with E-state index in [-0.39, 0.29) is 5.91 Å². The lowest BCUT2D eigenvalue weighted by atomic mass is 9.90. The zero-order valence-electron chi connectivity index (χ0n) is 17.3. The summed E-state index contributed by atoms with van der Waals surface area (Å²) in [5, 5.41) is 10.5. The summed E-state index contributed by atoms with van der Waals surface area (Å²) in [5.41, 5.74) is 6.16. The minimum absolute atomic E-state index is 0.00718. The average Bonchev–Trinajstić information content (AvgIpc) is 3.29. The van der Waals surface area contributed by atoms with Gasteiger partial charge in [0.05, 0.1) is 6.42 Å². The molecule has 6 nitrogen and oxygen atoms in total. The first kappa shape index (κ1) is 19.5. The Hall–Kier alpha value is -3.51. The monoisotopic (exact) mass is 411 g/mol. The molecule has 3 heterocycles. The van der Waals surface area contributed by atoms with Crippen LogP contribution in [0.15, 0.2) is 73.2 Å². The summed E-state index contributed by atoms with van der Waals surface area (Å²) in [5.74, 6) is 0.613. The lowest BCUT2D eigenvalue weighted by Crippen LogP contribution is -2.26. The van der Waals surface area contributed by atoms with E-state index in [4.69, 9.17) is 0 Å². The number of carbonyl (C=O) groups is 1. The van der Waals surface area contributed by atoms with E-state index < -0.39 is 0 Å². The highest BCUT2D eigenvalue weighted by molar-refractivity contribution is 5.92. The van der Waals surface area contributed by atoms with Crippen molar-refractivity contribution in [3.05, 3.63) is 84.3 Å². The zero-order valence-corrected chi connectivity index (χ0v) is 17.3. The maximum absolute atomic E-state index is 12.5. The third kappa shape index (κ3) is 4.49. The predicted molar refractivity (Wildman–Crippen MR) is 122 cm³/mol. The van der Waals surface area contributed by atoms with Gasteiger partial charge in [0.1, 0.15) is 6.33 Å². The van der Waals surface area contributed by atoms with Crippen LogP contribution < -0.4 is 10.6 Å². The molecule has 0 atom stereocenters. The molecule has 2 aromatic carbocycles. The molecule has 0 radical (unpaired) electrons. The second-order valence-corrected chi connectivity index (χ2v) is 8.05. The minimum Gasteiger partial charge on any atom is -0.326 e. The normalized spacial score (nSPS) is 14.6. The lowest BCUT2D eigenvalue weighted by molar-refractivity contribution is -0.115. The number of hydrogen-bond acceptors (Lipinski definition) is 4. The summed E-state index contributed by atoms with van der Waals surface area (Å²) < 4.78 is 1.74. The van der Waals surface area contributed by atoms with Crippen LogP contribution in [-0.4, -0.2) is 33.6 Å². The van der Waals surface area contributed by atoms with Crippen molar-refractivity contribution in [3.63, 3.8) is 0 Å². The fourth-order valence-corrected chi connectivity index (χ4v) is 4.19. The smallest absolute Gasteiger partial charge is 0.228 e. The van der Waals surface area contributed by atoms with Crippen molar-refractivity contribution in [2.45, 2.75) is 25.2 Å². The zero-order chi connectivity index (χ0) is 21.0. The molecule has 2 aromatic heterocycles. The molecular weight excluding hydrogens is 386 g/mol. The number of anilines is 1. The van der Waals surface area contributed by atoms with Crippen molar-refractivity contribution in [1.29, 1.82) is 0 Å². The highest BCUT2D eigenvalue weighted by Gasteiger charge is 2.15. The van der Waals surface area contributed by atoms with Crippen LogP contribution >= 0.6 is 0 Å². The van der Waals surface area contributed by atoms with Gasteiger partial charge in [-0.05, 0) is 78.4 Å². The molecule has 2 N–H and O–H groups in total. The molecule has 1 saturated heterocycles. The van der Waals surface area contributed by atoms with Crippen molar-refractivity contribution in [3.8, 4) is 11.1 Å². The van der Waals surface area contributed by atoms with Gasteiger partial charge in [-0.15, -0.1) is 0 Å². The number of hydrogen-bond donors (Lipinski definition) is 2. The second kappa shape index (κ2) is 8.70. The molecule has 6 heteroatoms.